The van der Waals surface area contributed by atoms with Gasteiger partial charge in [0.2, 0.25) is 0 Å². The molecule has 0 unspecified atom stereocenters. The number of amides is 1. The molecule has 8 heteroatoms. The lowest BCUT2D eigenvalue weighted by Crippen LogP contribution is -2.18. The van der Waals surface area contributed by atoms with Gasteiger partial charge in [-0.25, -0.2) is 5.43 Å². The Hall–Kier alpha value is -3.51. The van der Waals surface area contributed by atoms with Crippen molar-refractivity contribution in [2.75, 3.05) is 0 Å². The Balaban J connectivity index is 1.40. The van der Waals surface area contributed by atoms with E-state index in [9.17, 15) is 4.79 Å². The third-order valence-corrected chi connectivity index (χ3v) is 6.12. The van der Waals surface area contributed by atoms with Gasteiger partial charge in [-0.1, -0.05) is 83.3 Å². The van der Waals surface area contributed by atoms with Gasteiger partial charge in [0.15, 0.2) is 0 Å². The van der Waals surface area contributed by atoms with Gasteiger partial charge in [0.25, 0.3) is 5.91 Å². The van der Waals surface area contributed by atoms with Crippen molar-refractivity contribution in [2.45, 2.75) is 13.2 Å². The zero-order valence-electron chi connectivity index (χ0n) is 19.0. The van der Waals surface area contributed by atoms with Crippen molar-refractivity contribution in [1.82, 2.24) is 5.43 Å². The molecular formula is C28H21Cl3N2O3. The zero-order chi connectivity index (χ0) is 25.3. The molecule has 36 heavy (non-hydrogen) atoms. The quantitative estimate of drug-likeness (QED) is 0.176. The SMILES string of the molecule is O=C(N/N=C\c1ccccc1OCc1ccccc1Cl)c1ccccc1OCc1ccc(Cl)cc1Cl. The Morgan fingerprint density at radius 1 is 0.750 bits per heavy atom. The average Bonchev–Trinajstić information content (AvgIpc) is 2.88. The first-order valence-corrected chi connectivity index (χ1v) is 12.1. The molecule has 0 fully saturated rings. The summed E-state index contributed by atoms with van der Waals surface area (Å²) < 4.78 is 11.8. The predicted octanol–water partition coefficient (Wildman–Crippen LogP) is 7.57. The van der Waals surface area contributed by atoms with Crippen LogP contribution in [0.2, 0.25) is 15.1 Å². The lowest BCUT2D eigenvalue weighted by Gasteiger charge is -2.12. The minimum atomic E-state index is -0.418. The van der Waals surface area contributed by atoms with Crippen LogP contribution >= 0.6 is 34.8 Å². The average molecular weight is 540 g/mol. The lowest BCUT2D eigenvalue weighted by molar-refractivity contribution is 0.0950. The molecule has 4 aromatic rings. The molecule has 0 aliphatic heterocycles. The maximum Gasteiger partial charge on any atom is 0.275 e. The summed E-state index contributed by atoms with van der Waals surface area (Å²) in [5, 5.41) is 5.78. The molecule has 0 bridgehead atoms. The monoisotopic (exact) mass is 538 g/mol. The third-order valence-electron chi connectivity index (χ3n) is 5.16. The number of ether oxygens (including phenoxy) is 2. The molecule has 4 aromatic carbocycles. The number of hydrazone groups is 1. The number of para-hydroxylation sites is 2. The largest absolute Gasteiger partial charge is 0.488 e. The molecule has 0 aliphatic carbocycles. The normalized spacial score (nSPS) is 10.9. The van der Waals surface area contributed by atoms with E-state index in [0.29, 0.717) is 44.3 Å². The highest BCUT2D eigenvalue weighted by molar-refractivity contribution is 6.35. The predicted molar refractivity (Wildman–Crippen MR) is 145 cm³/mol. The fraction of sp³-hybridized carbons (Fsp3) is 0.0714. The number of hydrogen-bond acceptors (Lipinski definition) is 4. The molecule has 0 heterocycles. The first-order valence-electron chi connectivity index (χ1n) is 11.0. The molecule has 0 saturated heterocycles. The van der Waals surface area contributed by atoms with Crippen LogP contribution in [0.15, 0.2) is 96.1 Å². The van der Waals surface area contributed by atoms with Crippen molar-refractivity contribution in [3.63, 3.8) is 0 Å². The minimum Gasteiger partial charge on any atom is -0.488 e. The van der Waals surface area contributed by atoms with Crippen LogP contribution in [0.3, 0.4) is 0 Å². The Morgan fingerprint density at radius 2 is 1.39 bits per heavy atom. The van der Waals surface area contributed by atoms with Crippen molar-refractivity contribution >= 4 is 46.9 Å². The van der Waals surface area contributed by atoms with Crippen molar-refractivity contribution in [3.05, 3.63) is 128 Å². The van der Waals surface area contributed by atoms with Crippen molar-refractivity contribution in [1.29, 1.82) is 0 Å². The number of carbonyl (C=O) groups excluding carboxylic acids is 1. The first-order chi connectivity index (χ1) is 17.5. The van der Waals surface area contributed by atoms with E-state index in [4.69, 9.17) is 44.3 Å². The molecule has 0 radical (unpaired) electrons. The van der Waals surface area contributed by atoms with E-state index in [1.54, 1.807) is 42.5 Å². The zero-order valence-corrected chi connectivity index (χ0v) is 21.2. The van der Waals surface area contributed by atoms with E-state index in [1.165, 1.54) is 6.21 Å². The van der Waals surface area contributed by atoms with Gasteiger partial charge >= 0.3 is 0 Å². The van der Waals surface area contributed by atoms with Crippen LogP contribution in [0.1, 0.15) is 27.0 Å². The Labute approximate surface area is 224 Å². The Bertz CT molecular complexity index is 1390. The van der Waals surface area contributed by atoms with Gasteiger partial charge in [-0.2, -0.15) is 5.10 Å². The summed E-state index contributed by atoms with van der Waals surface area (Å²) in [7, 11) is 0. The van der Waals surface area contributed by atoms with Crippen LogP contribution in [0.25, 0.3) is 0 Å². The molecule has 1 N–H and O–H groups in total. The number of hydrogen-bond donors (Lipinski definition) is 1. The summed E-state index contributed by atoms with van der Waals surface area (Å²) in [6.45, 7) is 0.485. The van der Waals surface area contributed by atoms with Gasteiger partial charge in [0.05, 0.1) is 11.8 Å². The standard InChI is InChI=1S/C28H21Cl3N2O3/c29-22-14-13-21(25(31)15-22)18-36-27-12-6-3-9-23(27)28(34)33-32-16-19-7-2-5-11-26(19)35-17-20-8-1-4-10-24(20)30/h1-16H,17-18H2,(H,33,34)/b32-16-. The number of rotatable bonds is 9. The molecule has 0 aliphatic rings. The number of halogens is 3. The van der Waals surface area contributed by atoms with Gasteiger partial charge in [0.1, 0.15) is 24.7 Å². The maximum atomic E-state index is 12.8. The van der Waals surface area contributed by atoms with Crippen LogP contribution in [-0.2, 0) is 13.2 Å². The van der Waals surface area contributed by atoms with Gasteiger partial charge in [-0.15, -0.1) is 0 Å². The summed E-state index contributed by atoms with van der Waals surface area (Å²) in [6.07, 6.45) is 1.52. The van der Waals surface area contributed by atoms with Gasteiger partial charge in [-0.3, -0.25) is 4.79 Å². The summed E-state index contributed by atoms with van der Waals surface area (Å²) in [6, 6.07) is 26.9. The molecule has 0 spiro atoms. The van der Waals surface area contributed by atoms with E-state index in [-0.39, 0.29) is 6.61 Å². The summed E-state index contributed by atoms with van der Waals surface area (Å²) in [4.78, 5) is 12.8. The van der Waals surface area contributed by atoms with E-state index in [0.717, 1.165) is 11.1 Å². The van der Waals surface area contributed by atoms with E-state index in [2.05, 4.69) is 10.5 Å². The van der Waals surface area contributed by atoms with Gasteiger partial charge in [-0.05, 0) is 42.5 Å². The fourth-order valence-corrected chi connectivity index (χ4v) is 3.94. The van der Waals surface area contributed by atoms with Crippen molar-refractivity contribution < 1.29 is 14.3 Å². The Morgan fingerprint density at radius 3 is 2.17 bits per heavy atom. The second kappa shape index (κ2) is 12.5. The summed E-state index contributed by atoms with van der Waals surface area (Å²) in [5.74, 6) is 0.595. The lowest BCUT2D eigenvalue weighted by atomic mass is 10.2. The van der Waals surface area contributed by atoms with Gasteiger partial charge in [0, 0.05) is 31.8 Å². The molecule has 1 amide bonds. The van der Waals surface area contributed by atoms with Crippen LogP contribution in [-0.4, -0.2) is 12.1 Å². The molecule has 5 nitrogen and oxygen atoms in total. The first kappa shape index (κ1) is 25.6. The van der Waals surface area contributed by atoms with Crippen LogP contribution in [0.5, 0.6) is 11.5 Å². The Kier molecular flexibility index (Phi) is 8.85. The molecule has 4 rings (SSSR count). The second-order valence-corrected chi connectivity index (χ2v) is 8.89. The van der Waals surface area contributed by atoms with Crippen molar-refractivity contribution in [2.24, 2.45) is 5.10 Å². The highest BCUT2D eigenvalue weighted by Crippen LogP contribution is 2.25. The molecule has 0 atom stereocenters. The van der Waals surface area contributed by atoms with Crippen LogP contribution in [0, 0.1) is 0 Å². The number of carbonyl (C=O) groups is 1. The maximum absolute atomic E-state index is 12.8. The molecular weight excluding hydrogens is 519 g/mol. The van der Waals surface area contributed by atoms with Crippen LogP contribution < -0.4 is 14.9 Å². The number of nitrogens with one attached hydrogen (secondary N) is 1. The number of nitrogens with zero attached hydrogens (tertiary/aromatic N) is 1. The van der Waals surface area contributed by atoms with E-state index < -0.39 is 5.91 Å². The van der Waals surface area contributed by atoms with E-state index in [1.807, 2.05) is 48.5 Å². The third kappa shape index (κ3) is 6.79. The number of benzene rings is 4. The molecule has 182 valence electrons. The summed E-state index contributed by atoms with van der Waals surface area (Å²) in [5.41, 5.74) is 5.21. The van der Waals surface area contributed by atoms with Crippen molar-refractivity contribution in [3.8, 4) is 11.5 Å². The smallest absolute Gasteiger partial charge is 0.275 e. The second-order valence-electron chi connectivity index (χ2n) is 7.64. The minimum absolute atomic E-state index is 0.180. The topological polar surface area (TPSA) is 59.9 Å². The van der Waals surface area contributed by atoms with E-state index >= 15 is 0 Å². The summed E-state index contributed by atoms with van der Waals surface area (Å²) >= 11 is 18.4. The molecule has 0 saturated carbocycles. The fourth-order valence-electron chi connectivity index (χ4n) is 3.28. The van der Waals surface area contributed by atoms with Gasteiger partial charge < -0.3 is 9.47 Å². The highest BCUT2D eigenvalue weighted by atomic mass is 35.5. The van der Waals surface area contributed by atoms with Crippen LogP contribution in [0.4, 0.5) is 0 Å². The highest BCUT2D eigenvalue weighted by Gasteiger charge is 2.13. The molecule has 0 aromatic heterocycles.